The van der Waals surface area contributed by atoms with E-state index in [0.717, 1.165) is 52.3 Å². The maximum Gasteiger partial charge on any atom is 0.0984 e. The molecule has 3 fully saturated rings. The topological polar surface area (TPSA) is 44.1 Å². The number of anilines is 1. The summed E-state index contributed by atoms with van der Waals surface area (Å²) in [5.74, 6) is 0.561. The quantitative estimate of drug-likeness (QED) is 0.569. The smallest absolute Gasteiger partial charge is 0.0984 e. The summed E-state index contributed by atoms with van der Waals surface area (Å²) in [5, 5.41) is 0. The molecule has 156 valence electrons. The summed E-state index contributed by atoms with van der Waals surface area (Å²) in [6, 6.07) is 9.09. The fourth-order valence-corrected chi connectivity index (χ4v) is 4.36. The van der Waals surface area contributed by atoms with Gasteiger partial charge in [-0.25, -0.2) is 0 Å². The van der Waals surface area contributed by atoms with Gasteiger partial charge in [-0.1, -0.05) is 30.7 Å². The zero-order valence-corrected chi connectivity index (χ0v) is 17.5. The Morgan fingerprint density at radius 3 is 2.00 bits per heavy atom. The van der Waals surface area contributed by atoms with Gasteiger partial charge >= 0.3 is 0 Å². The highest BCUT2D eigenvalue weighted by Gasteiger charge is 2.31. The van der Waals surface area contributed by atoms with E-state index in [1.54, 1.807) is 0 Å². The van der Waals surface area contributed by atoms with Crippen molar-refractivity contribution >= 4 is 5.69 Å². The summed E-state index contributed by atoms with van der Waals surface area (Å²) in [4.78, 5) is 4.78. The minimum absolute atomic E-state index is 0.396. The van der Waals surface area contributed by atoms with Crippen LogP contribution in [0.3, 0.4) is 0 Å². The number of nitrogens with zero attached hydrogens (tertiary/aromatic N) is 2. The summed E-state index contributed by atoms with van der Waals surface area (Å²) in [7, 11) is 2.19. The average molecular weight is 397 g/mol. The molecule has 0 spiro atoms. The number of likely N-dealkylation sites (N-methyl/N-ethyl adjacent to an activating group) is 1. The molecule has 3 saturated heterocycles. The summed E-state index contributed by atoms with van der Waals surface area (Å²) in [6.45, 7) is 7.99. The lowest BCUT2D eigenvalue weighted by Crippen LogP contribution is -2.31. The molecule has 0 bridgehead atoms. The molecule has 0 saturated carbocycles. The number of hydrogen-bond donors (Lipinski definition) is 0. The van der Waals surface area contributed by atoms with Crippen LogP contribution in [-0.4, -0.2) is 69.7 Å². The molecule has 1 aromatic carbocycles. The fraction of sp³-hybridized carbons (Fsp3) is 0.583. The highest BCUT2D eigenvalue weighted by molar-refractivity contribution is 5.49. The summed E-state index contributed by atoms with van der Waals surface area (Å²) in [5.41, 5.74) is 5.60. The van der Waals surface area contributed by atoms with Gasteiger partial charge in [0.15, 0.2) is 0 Å². The van der Waals surface area contributed by atoms with Crippen molar-refractivity contribution < 1.29 is 14.2 Å². The van der Waals surface area contributed by atoms with E-state index >= 15 is 0 Å². The lowest BCUT2D eigenvalue weighted by molar-refractivity contribution is 0.304. The molecule has 5 heteroatoms. The van der Waals surface area contributed by atoms with Gasteiger partial charge in [0, 0.05) is 38.1 Å². The van der Waals surface area contributed by atoms with E-state index in [0.29, 0.717) is 24.2 Å². The maximum absolute atomic E-state index is 5.44. The van der Waals surface area contributed by atoms with Gasteiger partial charge in [0.2, 0.25) is 0 Å². The van der Waals surface area contributed by atoms with Crippen molar-refractivity contribution in [1.29, 1.82) is 0 Å². The van der Waals surface area contributed by atoms with Crippen LogP contribution >= 0.6 is 0 Å². The molecule has 5 nitrogen and oxygen atoms in total. The minimum Gasteiger partial charge on any atom is -0.375 e. The van der Waals surface area contributed by atoms with E-state index in [1.165, 1.54) is 22.5 Å². The second kappa shape index (κ2) is 8.13. The van der Waals surface area contributed by atoms with Crippen molar-refractivity contribution in [1.82, 2.24) is 4.90 Å². The Morgan fingerprint density at radius 1 is 0.862 bits per heavy atom. The second-order valence-corrected chi connectivity index (χ2v) is 9.02. The SMILES string of the molecule is CC1CC(Cc2ccc(N(CC3CO3)CC3CO3)cc2)=CC=C1N(C)CC1CO1. The number of ether oxygens (including phenoxy) is 3. The molecule has 5 rings (SSSR count). The third-order valence-electron chi connectivity index (χ3n) is 6.27. The van der Waals surface area contributed by atoms with Gasteiger partial charge in [-0.05, 0) is 42.5 Å². The Labute approximate surface area is 173 Å². The zero-order valence-electron chi connectivity index (χ0n) is 17.5. The van der Waals surface area contributed by atoms with Crippen LogP contribution in [0.4, 0.5) is 5.69 Å². The molecule has 1 aliphatic carbocycles. The van der Waals surface area contributed by atoms with Crippen molar-refractivity contribution in [2.24, 2.45) is 5.92 Å². The Morgan fingerprint density at radius 2 is 1.45 bits per heavy atom. The van der Waals surface area contributed by atoms with Crippen molar-refractivity contribution in [2.45, 2.75) is 38.1 Å². The van der Waals surface area contributed by atoms with Crippen LogP contribution in [0.25, 0.3) is 0 Å². The van der Waals surface area contributed by atoms with Crippen molar-refractivity contribution in [3.63, 3.8) is 0 Å². The van der Waals surface area contributed by atoms with E-state index in [9.17, 15) is 0 Å². The van der Waals surface area contributed by atoms with Crippen LogP contribution in [0.15, 0.2) is 47.7 Å². The monoisotopic (exact) mass is 396 g/mol. The van der Waals surface area contributed by atoms with E-state index in [-0.39, 0.29) is 0 Å². The van der Waals surface area contributed by atoms with E-state index < -0.39 is 0 Å². The Kier molecular flexibility index (Phi) is 5.37. The predicted octanol–water partition coefficient (Wildman–Crippen LogP) is 3.01. The maximum atomic E-state index is 5.44. The van der Waals surface area contributed by atoms with Crippen LogP contribution in [0, 0.1) is 5.92 Å². The fourth-order valence-electron chi connectivity index (χ4n) is 4.36. The highest BCUT2D eigenvalue weighted by Crippen LogP contribution is 2.30. The van der Waals surface area contributed by atoms with E-state index in [1.807, 2.05) is 0 Å². The summed E-state index contributed by atoms with van der Waals surface area (Å²) >= 11 is 0. The first-order valence-electron chi connectivity index (χ1n) is 10.9. The van der Waals surface area contributed by atoms with Gasteiger partial charge in [0.1, 0.15) is 0 Å². The lowest BCUT2D eigenvalue weighted by atomic mass is 9.88. The molecule has 0 radical (unpaired) electrons. The first kappa shape index (κ1) is 19.2. The Balaban J connectivity index is 1.21. The van der Waals surface area contributed by atoms with Crippen LogP contribution in [0.1, 0.15) is 18.9 Å². The predicted molar refractivity (Wildman–Crippen MR) is 114 cm³/mol. The van der Waals surface area contributed by atoms with E-state index in [4.69, 9.17) is 14.2 Å². The molecule has 3 aliphatic heterocycles. The molecule has 4 aliphatic rings. The van der Waals surface area contributed by atoms with Crippen molar-refractivity contribution in [3.05, 3.63) is 53.3 Å². The van der Waals surface area contributed by atoms with Gasteiger partial charge in [0.25, 0.3) is 0 Å². The Bertz CT molecular complexity index is 762. The number of benzene rings is 1. The average Bonchev–Trinajstić information content (AvgIpc) is 3.54. The standard InChI is InChI=1S/C24H32N2O3/c1-17-9-19(5-8-24(17)25(2)11-21-14-27-21)10-18-3-6-20(7-4-18)26(12-22-15-28-22)13-23-16-29-23/h3-8,17,21-23H,9-16H2,1-2H3. The molecule has 3 heterocycles. The third-order valence-corrected chi connectivity index (χ3v) is 6.27. The summed E-state index contributed by atoms with van der Waals surface area (Å²) < 4.78 is 16.3. The van der Waals surface area contributed by atoms with Gasteiger partial charge in [0.05, 0.1) is 38.1 Å². The molecular formula is C24H32N2O3. The van der Waals surface area contributed by atoms with Crippen molar-refractivity contribution in [3.8, 4) is 0 Å². The van der Waals surface area contributed by atoms with Gasteiger partial charge in [-0.15, -0.1) is 0 Å². The van der Waals surface area contributed by atoms with Crippen molar-refractivity contribution in [2.75, 3.05) is 51.4 Å². The third kappa shape index (κ3) is 5.21. The zero-order chi connectivity index (χ0) is 19.8. The molecular weight excluding hydrogens is 364 g/mol. The second-order valence-electron chi connectivity index (χ2n) is 9.02. The molecule has 0 N–H and O–H groups in total. The number of allylic oxidation sites excluding steroid dienone is 4. The van der Waals surface area contributed by atoms with Crippen LogP contribution < -0.4 is 4.90 Å². The number of hydrogen-bond acceptors (Lipinski definition) is 5. The van der Waals surface area contributed by atoms with Crippen LogP contribution in [0.5, 0.6) is 0 Å². The molecule has 4 unspecified atom stereocenters. The normalized spacial score (nSPS) is 29.7. The minimum atomic E-state index is 0.396. The molecule has 0 amide bonds. The van der Waals surface area contributed by atoms with Crippen LogP contribution in [0.2, 0.25) is 0 Å². The van der Waals surface area contributed by atoms with Gasteiger partial charge in [-0.2, -0.15) is 0 Å². The Hall–Kier alpha value is -1.82. The van der Waals surface area contributed by atoms with Gasteiger partial charge in [-0.3, -0.25) is 0 Å². The number of epoxide rings is 3. The number of rotatable bonds is 10. The van der Waals surface area contributed by atoms with Gasteiger partial charge < -0.3 is 24.0 Å². The lowest BCUT2D eigenvalue weighted by Gasteiger charge is -2.30. The molecule has 4 atom stereocenters. The largest absolute Gasteiger partial charge is 0.375 e. The first-order chi connectivity index (χ1) is 14.1. The molecule has 1 aromatic rings. The molecule has 29 heavy (non-hydrogen) atoms. The first-order valence-corrected chi connectivity index (χ1v) is 10.9. The highest BCUT2D eigenvalue weighted by atomic mass is 16.6. The molecule has 0 aromatic heterocycles. The summed E-state index contributed by atoms with van der Waals surface area (Å²) in [6.07, 6.45) is 8.03. The van der Waals surface area contributed by atoms with Crippen LogP contribution in [-0.2, 0) is 20.6 Å². The van der Waals surface area contributed by atoms with E-state index in [2.05, 4.69) is 60.2 Å².